The summed E-state index contributed by atoms with van der Waals surface area (Å²) in [6.45, 7) is 8.80. The first-order valence-electron chi connectivity index (χ1n) is 8.76. The smallest absolute Gasteiger partial charge is 0.264 e. The van der Waals surface area contributed by atoms with Crippen LogP contribution in [0.2, 0.25) is 0 Å². The fraction of sp³-hybridized carbons (Fsp3) is 0.400. The van der Waals surface area contributed by atoms with Crippen LogP contribution in [-0.4, -0.2) is 33.7 Å². The maximum absolute atomic E-state index is 13.1. The van der Waals surface area contributed by atoms with Gasteiger partial charge in [0.05, 0.1) is 17.1 Å². The monoisotopic (exact) mass is 373 g/mol. The van der Waals surface area contributed by atoms with Crippen molar-refractivity contribution in [1.82, 2.24) is 14.7 Å². The van der Waals surface area contributed by atoms with Crippen LogP contribution < -0.4 is 0 Å². The van der Waals surface area contributed by atoms with Gasteiger partial charge >= 0.3 is 0 Å². The number of rotatable bonds is 5. The van der Waals surface area contributed by atoms with E-state index >= 15 is 0 Å². The van der Waals surface area contributed by atoms with Crippen molar-refractivity contribution in [2.75, 3.05) is 7.05 Å². The molecule has 0 aliphatic heterocycles. The third kappa shape index (κ3) is 3.51. The predicted molar refractivity (Wildman–Crippen MR) is 104 cm³/mol. The van der Waals surface area contributed by atoms with Crippen LogP contribution in [0, 0.1) is 18.7 Å². The summed E-state index contributed by atoms with van der Waals surface area (Å²) in [5.74, 6) is 0.191. The first-order valence-corrected chi connectivity index (χ1v) is 9.58. The topological polar surface area (TPSA) is 38.1 Å². The second kappa shape index (κ2) is 7.19. The highest BCUT2D eigenvalue weighted by atomic mass is 32.1. The molecule has 3 aromatic rings. The van der Waals surface area contributed by atoms with Gasteiger partial charge in [-0.2, -0.15) is 5.10 Å². The number of benzene rings is 1. The summed E-state index contributed by atoms with van der Waals surface area (Å²) >= 11 is 1.47. The van der Waals surface area contributed by atoms with Gasteiger partial charge in [-0.1, -0.05) is 26.0 Å². The molecule has 0 bridgehead atoms. The van der Waals surface area contributed by atoms with Crippen molar-refractivity contribution in [3.63, 3.8) is 0 Å². The molecular formula is C20H24FN3OS. The number of carbonyl (C=O) groups is 1. The van der Waals surface area contributed by atoms with Crippen molar-refractivity contribution in [2.24, 2.45) is 5.92 Å². The highest BCUT2D eigenvalue weighted by Crippen LogP contribution is 2.30. The number of fused-ring (bicyclic) bond motifs is 1. The number of hydrogen-bond acceptors (Lipinski definition) is 3. The van der Waals surface area contributed by atoms with Gasteiger partial charge in [0, 0.05) is 18.5 Å². The third-order valence-electron chi connectivity index (χ3n) is 4.96. The molecule has 1 aromatic carbocycles. The number of halogens is 1. The average molecular weight is 373 g/mol. The quantitative estimate of drug-likeness (QED) is 0.650. The number of thiophene rings is 1. The molecule has 3 rings (SSSR count). The van der Waals surface area contributed by atoms with Crippen molar-refractivity contribution < 1.29 is 9.18 Å². The van der Waals surface area contributed by atoms with Crippen LogP contribution in [0.4, 0.5) is 4.39 Å². The lowest BCUT2D eigenvalue weighted by Gasteiger charge is -2.27. The molecule has 1 atom stereocenters. The minimum atomic E-state index is -0.248. The number of amides is 1. The highest BCUT2D eigenvalue weighted by Gasteiger charge is 2.23. The first kappa shape index (κ1) is 18.6. The third-order valence-corrected chi connectivity index (χ3v) is 6.10. The molecule has 0 N–H and O–H groups in total. The molecule has 0 fully saturated rings. The molecule has 2 heterocycles. The summed E-state index contributed by atoms with van der Waals surface area (Å²) in [6, 6.07) is 8.54. The number of nitrogens with zero attached hydrogens (tertiary/aromatic N) is 3. The van der Waals surface area contributed by atoms with Crippen LogP contribution in [0.1, 0.15) is 41.7 Å². The Bertz CT molecular complexity index is 927. The van der Waals surface area contributed by atoms with Crippen LogP contribution in [0.25, 0.3) is 10.2 Å². The molecule has 6 heteroatoms. The highest BCUT2D eigenvalue weighted by molar-refractivity contribution is 7.20. The Labute approximate surface area is 157 Å². The second-order valence-corrected chi connectivity index (χ2v) is 8.13. The van der Waals surface area contributed by atoms with E-state index in [1.807, 2.05) is 29.6 Å². The molecule has 26 heavy (non-hydrogen) atoms. The maximum Gasteiger partial charge on any atom is 0.264 e. The average Bonchev–Trinajstić information content (AvgIpc) is 3.16. The van der Waals surface area contributed by atoms with Gasteiger partial charge < -0.3 is 4.90 Å². The molecule has 1 amide bonds. The molecule has 2 aromatic heterocycles. The first-order chi connectivity index (χ1) is 12.3. The Balaban J connectivity index is 1.91. The Morgan fingerprint density at radius 1 is 1.27 bits per heavy atom. The second-order valence-electron chi connectivity index (χ2n) is 7.10. The van der Waals surface area contributed by atoms with E-state index in [9.17, 15) is 9.18 Å². The van der Waals surface area contributed by atoms with E-state index in [1.165, 1.54) is 23.5 Å². The van der Waals surface area contributed by atoms with Gasteiger partial charge in [-0.15, -0.1) is 11.3 Å². The van der Waals surface area contributed by atoms with Crippen LogP contribution in [-0.2, 0) is 6.54 Å². The molecule has 0 saturated heterocycles. The van der Waals surface area contributed by atoms with Crippen LogP contribution in [0.5, 0.6) is 0 Å². The number of aromatic nitrogens is 2. The molecule has 4 nitrogen and oxygen atoms in total. The molecule has 0 saturated carbocycles. The molecule has 0 radical (unpaired) electrons. The van der Waals surface area contributed by atoms with E-state index in [2.05, 4.69) is 25.9 Å². The molecule has 1 unspecified atom stereocenters. The maximum atomic E-state index is 13.1. The standard InChI is InChI=1S/C20H24FN3OS/c1-12(2)14(4)23(5)19(25)18-10-17-13(3)22-24(20(17)26-18)11-15-6-8-16(21)9-7-15/h6-10,12,14H,11H2,1-5H3. The van der Waals surface area contributed by atoms with Crippen LogP contribution in [0.3, 0.4) is 0 Å². The summed E-state index contributed by atoms with van der Waals surface area (Å²) in [5, 5.41) is 5.59. The van der Waals surface area contributed by atoms with Gasteiger partial charge in [0.25, 0.3) is 5.91 Å². The summed E-state index contributed by atoms with van der Waals surface area (Å²) in [7, 11) is 1.86. The number of hydrogen-bond donors (Lipinski definition) is 0. The SMILES string of the molecule is Cc1nn(Cc2ccc(F)cc2)c2sc(C(=O)N(C)C(C)C(C)C)cc12. The minimum Gasteiger partial charge on any atom is -0.338 e. The molecular weight excluding hydrogens is 349 g/mol. The van der Waals surface area contributed by atoms with E-state index < -0.39 is 0 Å². The van der Waals surface area contributed by atoms with Gasteiger partial charge in [0.15, 0.2) is 0 Å². The Morgan fingerprint density at radius 3 is 2.54 bits per heavy atom. The van der Waals surface area contributed by atoms with E-state index in [1.54, 1.807) is 12.1 Å². The van der Waals surface area contributed by atoms with Gasteiger partial charge in [0.1, 0.15) is 10.6 Å². The summed E-state index contributed by atoms with van der Waals surface area (Å²) in [6.07, 6.45) is 0. The summed E-state index contributed by atoms with van der Waals surface area (Å²) < 4.78 is 15.0. The minimum absolute atomic E-state index is 0.0418. The van der Waals surface area contributed by atoms with Crippen molar-refractivity contribution >= 4 is 27.5 Å². The van der Waals surface area contributed by atoms with Gasteiger partial charge in [-0.25, -0.2) is 4.39 Å². The molecule has 0 aliphatic carbocycles. The van der Waals surface area contributed by atoms with E-state index in [0.29, 0.717) is 12.5 Å². The molecule has 138 valence electrons. The normalized spacial score (nSPS) is 12.7. The van der Waals surface area contributed by atoms with E-state index in [-0.39, 0.29) is 17.8 Å². The fourth-order valence-corrected chi connectivity index (χ4v) is 4.04. The van der Waals surface area contributed by atoms with E-state index in [0.717, 1.165) is 26.4 Å². The van der Waals surface area contributed by atoms with E-state index in [4.69, 9.17) is 0 Å². The number of aryl methyl sites for hydroxylation is 1. The Morgan fingerprint density at radius 2 is 1.92 bits per heavy atom. The van der Waals surface area contributed by atoms with Crippen molar-refractivity contribution in [1.29, 1.82) is 0 Å². The van der Waals surface area contributed by atoms with Crippen LogP contribution >= 0.6 is 11.3 Å². The molecule has 0 aliphatic rings. The lowest BCUT2D eigenvalue weighted by molar-refractivity contribution is 0.0712. The molecule has 0 spiro atoms. The zero-order chi connectivity index (χ0) is 19.0. The number of carbonyl (C=O) groups excluding carboxylic acids is 1. The summed E-state index contributed by atoms with van der Waals surface area (Å²) in [4.78, 5) is 16.3. The van der Waals surface area contributed by atoms with Gasteiger partial charge in [-0.3, -0.25) is 9.48 Å². The van der Waals surface area contributed by atoms with Gasteiger partial charge in [0.2, 0.25) is 0 Å². The van der Waals surface area contributed by atoms with Crippen LogP contribution in [0.15, 0.2) is 30.3 Å². The fourth-order valence-electron chi connectivity index (χ4n) is 2.89. The zero-order valence-corrected chi connectivity index (χ0v) is 16.6. The largest absolute Gasteiger partial charge is 0.338 e. The Hall–Kier alpha value is -2.21. The lowest BCUT2D eigenvalue weighted by atomic mass is 10.1. The van der Waals surface area contributed by atoms with Crippen molar-refractivity contribution in [2.45, 2.75) is 40.3 Å². The zero-order valence-electron chi connectivity index (χ0n) is 15.8. The van der Waals surface area contributed by atoms with Crippen molar-refractivity contribution in [3.8, 4) is 0 Å². The Kier molecular flexibility index (Phi) is 5.14. The lowest BCUT2D eigenvalue weighted by Crippen LogP contribution is -2.37. The van der Waals surface area contributed by atoms with Crippen molar-refractivity contribution in [3.05, 3.63) is 52.3 Å². The predicted octanol–water partition coefficient (Wildman–Crippen LogP) is 4.71. The van der Waals surface area contributed by atoms with Gasteiger partial charge in [-0.05, 0) is 43.5 Å². The summed E-state index contributed by atoms with van der Waals surface area (Å²) in [5.41, 5.74) is 1.87.